The summed E-state index contributed by atoms with van der Waals surface area (Å²) in [6.07, 6.45) is 1.82. The summed E-state index contributed by atoms with van der Waals surface area (Å²) in [7, 11) is -0.873. The quantitative estimate of drug-likeness (QED) is 0.180. The van der Waals surface area contributed by atoms with Gasteiger partial charge in [-0.2, -0.15) is 0 Å². The molecule has 0 bridgehead atoms. The summed E-state index contributed by atoms with van der Waals surface area (Å²) in [6.45, 7) is 0. The molecule has 0 fully saturated rings. The Balaban J connectivity index is 1.48. The van der Waals surface area contributed by atoms with E-state index in [9.17, 15) is 0 Å². The van der Waals surface area contributed by atoms with Gasteiger partial charge < -0.3 is 0 Å². The molecule has 0 unspecified atom stereocenters. The summed E-state index contributed by atoms with van der Waals surface area (Å²) < 4.78 is 0. The van der Waals surface area contributed by atoms with E-state index in [1.807, 2.05) is 30.5 Å². The molecule has 2 heterocycles. The van der Waals surface area contributed by atoms with Crippen LogP contribution in [0.15, 0.2) is 176 Å². The zero-order valence-electron chi connectivity index (χ0n) is 24.6. The van der Waals surface area contributed by atoms with E-state index in [0.717, 1.165) is 22.6 Å². The number of pyridine rings is 2. The Morgan fingerprint density at radius 3 is 1.60 bits per heavy atom. The molecule has 45 heavy (non-hydrogen) atoms. The highest BCUT2D eigenvalue weighted by Crippen LogP contribution is 2.45. The lowest BCUT2D eigenvalue weighted by molar-refractivity contribution is 1.25. The number of benzene rings is 6. The fourth-order valence-corrected chi connectivity index (χ4v) is 8.76. The maximum absolute atomic E-state index is 5.22. The van der Waals surface area contributed by atoms with E-state index >= 15 is 0 Å². The summed E-state index contributed by atoms with van der Waals surface area (Å²) in [5.74, 6) is 0. The van der Waals surface area contributed by atoms with E-state index in [-0.39, 0.29) is 0 Å². The highest BCUT2D eigenvalue weighted by molar-refractivity contribution is 7.80. The molecule has 0 aliphatic rings. The molecular formula is C42H29N2P. The molecule has 0 aliphatic carbocycles. The summed E-state index contributed by atoms with van der Waals surface area (Å²) in [5.41, 5.74) is 6.25. The second-order valence-corrected chi connectivity index (χ2v) is 13.2. The van der Waals surface area contributed by atoms with Gasteiger partial charge in [-0.25, -0.2) is 4.98 Å². The van der Waals surface area contributed by atoms with Gasteiger partial charge in [0.05, 0.1) is 17.1 Å². The molecule has 3 heteroatoms. The van der Waals surface area contributed by atoms with Crippen LogP contribution in [0.4, 0.5) is 0 Å². The second kappa shape index (κ2) is 11.9. The fraction of sp³-hybridized carbons (Fsp3) is 0. The molecule has 8 rings (SSSR count). The number of rotatable bonds is 6. The molecule has 0 saturated heterocycles. The summed E-state index contributed by atoms with van der Waals surface area (Å²) in [5, 5.41) is 8.88. The minimum atomic E-state index is -0.873. The van der Waals surface area contributed by atoms with Crippen LogP contribution in [0.3, 0.4) is 0 Å². The molecule has 2 nitrogen and oxygen atoms in total. The van der Waals surface area contributed by atoms with Crippen molar-refractivity contribution in [2.24, 2.45) is 0 Å². The topological polar surface area (TPSA) is 25.8 Å². The zero-order valence-corrected chi connectivity index (χ0v) is 25.5. The van der Waals surface area contributed by atoms with Crippen LogP contribution in [0.2, 0.25) is 0 Å². The first-order valence-electron chi connectivity index (χ1n) is 15.2. The first-order valence-corrected chi connectivity index (χ1v) is 16.5. The van der Waals surface area contributed by atoms with Crippen LogP contribution in [-0.2, 0) is 0 Å². The third-order valence-electron chi connectivity index (χ3n) is 8.31. The first kappa shape index (κ1) is 27.1. The van der Waals surface area contributed by atoms with Crippen molar-refractivity contribution in [3.05, 3.63) is 176 Å². The van der Waals surface area contributed by atoms with E-state index in [1.165, 1.54) is 48.6 Å². The number of hydrogen-bond donors (Lipinski definition) is 0. The highest BCUT2D eigenvalue weighted by Gasteiger charge is 2.25. The van der Waals surface area contributed by atoms with Gasteiger partial charge in [-0.15, -0.1) is 0 Å². The molecule has 0 saturated carbocycles. The average Bonchev–Trinajstić information content (AvgIpc) is 3.12. The number of aromatic nitrogens is 2. The molecule has 0 spiro atoms. The monoisotopic (exact) mass is 592 g/mol. The maximum Gasteiger partial charge on any atom is 0.0893 e. The van der Waals surface area contributed by atoms with Crippen LogP contribution < -0.4 is 15.9 Å². The summed E-state index contributed by atoms with van der Waals surface area (Å²) in [6, 6.07) is 60.8. The standard InChI is InChI=1S/C42H29N2P/c1-3-16-32(17-4-1)45(33-18-5-2-6-19-33)40-28-26-31-15-8-10-21-35(31)42(40)41-34-20-9-7-14-30(34)25-27-36(41)37-23-13-24-39(44-37)38-22-11-12-29-43-38/h1-29H. The number of fused-ring (bicyclic) bond motifs is 2. The van der Waals surface area contributed by atoms with Crippen molar-refractivity contribution in [3.63, 3.8) is 0 Å². The van der Waals surface area contributed by atoms with Gasteiger partial charge in [0.2, 0.25) is 0 Å². The van der Waals surface area contributed by atoms with Gasteiger partial charge in [0.1, 0.15) is 0 Å². The Labute approximate surface area is 264 Å². The van der Waals surface area contributed by atoms with Crippen LogP contribution in [0.1, 0.15) is 0 Å². The molecule has 0 N–H and O–H groups in total. The third-order valence-corrected chi connectivity index (χ3v) is 10.8. The Bertz CT molecular complexity index is 2230. The van der Waals surface area contributed by atoms with Crippen molar-refractivity contribution < 1.29 is 0 Å². The van der Waals surface area contributed by atoms with Crippen LogP contribution in [0.25, 0.3) is 55.3 Å². The Morgan fingerprint density at radius 2 is 0.933 bits per heavy atom. The van der Waals surface area contributed by atoms with Gasteiger partial charge in [0, 0.05) is 17.3 Å². The van der Waals surface area contributed by atoms with Crippen LogP contribution >= 0.6 is 7.92 Å². The predicted octanol–water partition coefficient (Wildman–Crippen LogP) is 9.54. The van der Waals surface area contributed by atoms with Crippen LogP contribution in [-0.4, -0.2) is 9.97 Å². The van der Waals surface area contributed by atoms with E-state index in [0.29, 0.717) is 0 Å². The van der Waals surface area contributed by atoms with Crippen LogP contribution in [0, 0.1) is 0 Å². The lowest BCUT2D eigenvalue weighted by atomic mass is 9.88. The van der Waals surface area contributed by atoms with Crippen molar-refractivity contribution in [1.82, 2.24) is 9.97 Å². The minimum Gasteiger partial charge on any atom is -0.255 e. The van der Waals surface area contributed by atoms with Gasteiger partial charge in [-0.1, -0.05) is 146 Å². The largest absolute Gasteiger partial charge is 0.255 e. The molecule has 212 valence electrons. The average molecular weight is 593 g/mol. The maximum atomic E-state index is 5.22. The first-order chi connectivity index (χ1) is 22.3. The highest BCUT2D eigenvalue weighted by atomic mass is 31.1. The van der Waals surface area contributed by atoms with Gasteiger partial charge in [0.15, 0.2) is 0 Å². The summed E-state index contributed by atoms with van der Waals surface area (Å²) in [4.78, 5) is 9.82. The Morgan fingerprint density at radius 1 is 0.378 bits per heavy atom. The van der Waals surface area contributed by atoms with Gasteiger partial charge in [-0.05, 0) is 75.2 Å². The summed E-state index contributed by atoms with van der Waals surface area (Å²) >= 11 is 0. The zero-order chi connectivity index (χ0) is 30.0. The van der Waals surface area contributed by atoms with Crippen molar-refractivity contribution in [3.8, 4) is 33.8 Å². The lowest BCUT2D eigenvalue weighted by Gasteiger charge is -2.25. The smallest absolute Gasteiger partial charge is 0.0893 e. The van der Waals surface area contributed by atoms with E-state index in [1.54, 1.807) is 0 Å². The van der Waals surface area contributed by atoms with Gasteiger partial charge in [-0.3, -0.25) is 4.98 Å². The van der Waals surface area contributed by atoms with E-state index in [4.69, 9.17) is 4.98 Å². The lowest BCUT2D eigenvalue weighted by Crippen LogP contribution is -2.22. The number of hydrogen-bond acceptors (Lipinski definition) is 2. The molecular weight excluding hydrogens is 563 g/mol. The normalized spacial score (nSPS) is 11.3. The molecule has 8 aromatic rings. The van der Waals surface area contributed by atoms with Crippen molar-refractivity contribution in [2.75, 3.05) is 0 Å². The third kappa shape index (κ3) is 5.10. The molecule has 6 aromatic carbocycles. The van der Waals surface area contributed by atoms with Crippen molar-refractivity contribution in [2.45, 2.75) is 0 Å². The SMILES string of the molecule is c1ccc(P(c2ccccc2)c2ccc3ccccc3c2-c2c(-c3cccc(-c4ccccn4)n3)ccc3ccccc23)cc1. The van der Waals surface area contributed by atoms with E-state index in [2.05, 4.69) is 151 Å². The predicted molar refractivity (Wildman–Crippen MR) is 192 cm³/mol. The van der Waals surface area contributed by atoms with Crippen molar-refractivity contribution >= 4 is 45.4 Å². The second-order valence-electron chi connectivity index (χ2n) is 11.0. The molecule has 0 amide bonds. The molecule has 0 aliphatic heterocycles. The molecule has 0 radical (unpaired) electrons. The molecule has 0 atom stereocenters. The Hall–Kier alpha value is -5.43. The molecule has 2 aromatic heterocycles. The van der Waals surface area contributed by atoms with Gasteiger partial charge in [0.25, 0.3) is 0 Å². The fourth-order valence-electron chi connectivity index (χ4n) is 6.29. The van der Waals surface area contributed by atoms with Gasteiger partial charge >= 0.3 is 0 Å². The number of nitrogens with zero attached hydrogens (tertiary/aromatic N) is 2. The van der Waals surface area contributed by atoms with Crippen molar-refractivity contribution in [1.29, 1.82) is 0 Å². The van der Waals surface area contributed by atoms with E-state index < -0.39 is 7.92 Å². The minimum absolute atomic E-state index is 0.862. The Kier molecular flexibility index (Phi) is 7.19. The van der Waals surface area contributed by atoms with Crippen LogP contribution in [0.5, 0.6) is 0 Å².